The van der Waals surface area contributed by atoms with Gasteiger partial charge in [0, 0.05) is 28.8 Å². The van der Waals surface area contributed by atoms with E-state index < -0.39 is 4.92 Å². The minimum absolute atomic E-state index is 0.0592. The molecule has 0 radical (unpaired) electrons. The van der Waals surface area contributed by atoms with Crippen molar-refractivity contribution in [1.82, 2.24) is 9.97 Å². The molecule has 2 aromatic heterocycles. The first kappa shape index (κ1) is 18.4. The Hall–Kier alpha value is -2.97. The van der Waals surface area contributed by atoms with Crippen LogP contribution in [0.25, 0.3) is 21.3 Å². The summed E-state index contributed by atoms with van der Waals surface area (Å²) in [6, 6.07) is 14.4. The highest BCUT2D eigenvalue weighted by Crippen LogP contribution is 2.32. The molecule has 0 aliphatic heterocycles. The number of benzene rings is 2. The van der Waals surface area contributed by atoms with E-state index >= 15 is 0 Å². The fraction of sp³-hybridized carbons (Fsp3) is 0.100. The number of hydrogen-bond acceptors (Lipinski definition) is 6. The molecule has 0 amide bonds. The number of aryl methyl sites for hydroxylation is 1. The number of nitrogens with one attached hydrogen (secondary N) is 1. The third kappa shape index (κ3) is 3.69. The van der Waals surface area contributed by atoms with E-state index in [2.05, 4.69) is 9.97 Å². The average molecular weight is 409 g/mol. The van der Waals surface area contributed by atoms with Crippen LogP contribution in [0.1, 0.15) is 11.1 Å². The predicted octanol–water partition coefficient (Wildman–Crippen LogP) is 5.16. The number of thiophene rings is 1. The zero-order valence-electron chi connectivity index (χ0n) is 14.8. The van der Waals surface area contributed by atoms with Crippen molar-refractivity contribution in [2.45, 2.75) is 17.8 Å². The Balaban J connectivity index is 1.59. The largest absolute Gasteiger partial charge is 0.301 e. The quantitative estimate of drug-likeness (QED) is 0.213. The van der Waals surface area contributed by atoms with Gasteiger partial charge in [-0.25, -0.2) is 4.98 Å². The first-order valence-corrected chi connectivity index (χ1v) is 10.3. The highest BCUT2D eigenvalue weighted by atomic mass is 32.2. The Morgan fingerprint density at radius 1 is 1.14 bits per heavy atom. The molecular weight excluding hydrogens is 394 g/mol. The molecule has 0 fully saturated rings. The highest BCUT2D eigenvalue weighted by molar-refractivity contribution is 7.98. The van der Waals surface area contributed by atoms with Crippen molar-refractivity contribution in [3.8, 4) is 11.1 Å². The summed E-state index contributed by atoms with van der Waals surface area (Å²) < 4.78 is 0. The molecule has 0 saturated heterocycles. The van der Waals surface area contributed by atoms with Crippen molar-refractivity contribution in [1.29, 1.82) is 0 Å². The van der Waals surface area contributed by atoms with Crippen molar-refractivity contribution in [3.63, 3.8) is 0 Å². The first-order chi connectivity index (χ1) is 13.5. The Kier molecular flexibility index (Phi) is 4.97. The lowest BCUT2D eigenvalue weighted by Crippen LogP contribution is -2.08. The van der Waals surface area contributed by atoms with E-state index in [0.717, 1.165) is 16.7 Å². The van der Waals surface area contributed by atoms with Gasteiger partial charge in [0.1, 0.15) is 4.83 Å². The molecule has 0 aliphatic carbocycles. The molecule has 2 aromatic carbocycles. The fourth-order valence-corrected chi connectivity index (χ4v) is 4.63. The Morgan fingerprint density at radius 2 is 1.86 bits per heavy atom. The van der Waals surface area contributed by atoms with Crippen molar-refractivity contribution >= 4 is 39.0 Å². The number of hydrogen-bond donors (Lipinski definition) is 1. The van der Waals surface area contributed by atoms with Gasteiger partial charge in [-0.05, 0) is 18.1 Å². The van der Waals surface area contributed by atoms with E-state index in [1.807, 2.05) is 36.6 Å². The van der Waals surface area contributed by atoms with Crippen LogP contribution < -0.4 is 5.56 Å². The van der Waals surface area contributed by atoms with Gasteiger partial charge >= 0.3 is 0 Å². The molecule has 6 nitrogen and oxygen atoms in total. The van der Waals surface area contributed by atoms with Crippen LogP contribution in [0.15, 0.2) is 63.9 Å². The van der Waals surface area contributed by atoms with E-state index in [4.69, 9.17) is 0 Å². The number of thioether (sulfide) groups is 1. The number of non-ortho nitro benzene ring substituents is 1. The Labute approximate surface area is 168 Å². The molecule has 8 heteroatoms. The number of aromatic nitrogens is 2. The average Bonchev–Trinajstić information content (AvgIpc) is 3.12. The van der Waals surface area contributed by atoms with Crippen molar-refractivity contribution in [2.75, 3.05) is 0 Å². The van der Waals surface area contributed by atoms with Crippen LogP contribution >= 0.6 is 23.1 Å². The topological polar surface area (TPSA) is 88.9 Å². The second kappa shape index (κ2) is 7.57. The molecule has 0 aliphatic rings. The van der Waals surface area contributed by atoms with Crippen molar-refractivity contribution in [2.24, 2.45) is 0 Å². The third-order valence-electron chi connectivity index (χ3n) is 4.31. The zero-order valence-corrected chi connectivity index (χ0v) is 16.5. The van der Waals surface area contributed by atoms with E-state index in [1.165, 1.54) is 40.8 Å². The molecule has 0 saturated carbocycles. The maximum Gasteiger partial charge on any atom is 0.269 e. The van der Waals surface area contributed by atoms with Crippen LogP contribution in [0.4, 0.5) is 5.69 Å². The molecular formula is C20H15N3O3S2. The lowest BCUT2D eigenvalue weighted by atomic mass is 10.1. The van der Waals surface area contributed by atoms with Gasteiger partial charge < -0.3 is 4.98 Å². The number of H-pyrrole nitrogens is 1. The number of nitro benzene ring substituents is 1. The molecule has 140 valence electrons. The van der Waals surface area contributed by atoms with Gasteiger partial charge in [-0.15, -0.1) is 11.3 Å². The lowest BCUT2D eigenvalue weighted by molar-refractivity contribution is -0.384. The summed E-state index contributed by atoms with van der Waals surface area (Å²) >= 11 is 2.84. The monoisotopic (exact) mass is 409 g/mol. The smallest absolute Gasteiger partial charge is 0.269 e. The van der Waals surface area contributed by atoms with Crippen molar-refractivity contribution in [3.05, 3.63) is 85.5 Å². The molecule has 28 heavy (non-hydrogen) atoms. The zero-order chi connectivity index (χ0) is 19.7. The number of aromatic amines is 1. The predicted molar refractivity (Wildman–Crippen MR) is 113 cm³/mol. The van der Waals surface area contributed by atoms with Gasteiger partial charge in [0.2, 0.25) is 0 Å². The Bertz CT molecular complexity index is 1210. The SMILES string of the molecule is Cc1ccc(-c2csc3nc(SCc4ccc([N+](=O)[O-])cc4)[nH]c(=O)c23)cc1. The van der Waals surface area contributed by atoms with Gasteiger partial charge in [0.05, 0.1) is 10.3 Å². The number of fused-ring (bicyclic) bond motifs is 1. The molecule has 2 heterocycles. The molecule has 4 aromatic rings. The minimum atomic E-state index is -0.424. The summed E-state index contributed by atoms with van der Waals surface area (Å²) in [5.74, 6) is 0.558. The molecule has 0 spiro atoms. The number of nitro groups is 1. The molecule has 1 N–H and O–H groups in total. The van der Waals surface area contributed by atoms with E-state index in [0.29, 0.717) is 21.1 Å². The van der Waals surface area contributed by atoms with Crippen LogP contribution in [0.5, 0.6) is 0 Å². The van der Waals surface area contributed by atoms with Crippen LogP contribution in [-0.4, -0.2) is 14.9 Å². The normalized spacial score (nSPS) is 11.0. The maximum absolute atomic E-state index is 12.7. The van der Waals surface area contributed by atoms with Gasteiger partial charge in [-0.3, -0.25) is 14.9 Å². The number of rotatable bonds is 5. The minimum Gasteiger partial charge on any atom is -0.301 e. The molecule has 0 unspecified atom stereocenters. The summed E-state index contributed by atoms with van der Waals surface area (Å²) in [4.78, 5) is 31.1. The highest BCUT2D eigenvalue weighted by Gasteiger charge is 2.13. The Morgan fingerprint density at radius 3 is 2.54 bits per heavy atom. The van der Waals surface area contributed by atoms with Crippen LogP contribution in [0, 0.1) is 17.0 Å². The maximum atomic E-state index is 12.7. The van der Waals surface area contributed by atoms with Gasteiger partial charge in [0.25, 0.3) is 11.2 Å². The van der Waals surface area contributed by atoms with Gasteiger partial charge in [0.15, 0.2) is 5.16 Å². The van der Waals surface area contributed by atoms with E-state index in [-0.39, 0.29) is 11.2 Å². The summed E-state index contributed by atoms with van der Waals surface area (Å²) in [6.07, 6.45) is 0. The summed E-state index contributed by atoms with van der Waals surface area (Å²) in [6.45, 7) is 2.03. The first-order valence-electron chi connectivity index (χ1n) is 8.46. The summed E-state index contributed by atoms with van der Waals surface area (Å²) in [7, 11) is 0. The van der Waals surface area contributed by atoms with Crippen LogP contribution in [-0.2, 0) is 5.75 Å². The van der Waals surface area contributed by atoms with E-state index in [9.17, 15) is 14.9 Å². The third-order valence-corrected chi connectivity index (χ3v) is 6.12. The summed E-state index contributed by atoms with van der Waals surface area (Å²) in [5, 5.41) is 13.8. The van der Waals surface area contributed by atoms with Crippen LogP contribution in [0.2, 0.25) is 0 Å². The van der Waals surface area contributed by atoms with Gasteiger partial charge in [-0.1, -0.05) is 53.7 Å². The second-order valence-electron chi connectivity index (χ2n) is 6.28. The van der Waals surface area contributed by atoms with Gasteiger partial charge in [-0.2, -0.15) is 0 Å². The lowest BCUT2D eigenvalue weighted by Gasteiger charge is -2.03. The van der Waals surface area contributed by atoms with E-state index in [1.54, 1.807) is 12.1 Å². The standard InChI is InChI=1S/C20H15N3O3S2/c1-12-2-6-14(7-3-12)16-11-27-19-17(16)18(24)21-20(22-19)28-10-13-4-8-15(9-5-13)23(25)26/h2-9,11H,10H2,1H3,(H,21,22,24). The fourth-order valence-electron chi connectivity index (χ4n) is 2.81. The molecule has 0 bridgehead atoms. The molecule has 4 rings (SSSR count). The molecule has 0 atom stereocenters. The van der Waals surface area contributed by atoms with Crippen molar-refractivity contribution < 1.29 is 4.92 Å². The summed E-state index contributed by atoms with van der Waals surface area (Å²) in [5.41, 5.74) is 3.87. The van der Waals surface area contributed by atoms with Crippen LogP contribution in [0.3, 0.4) is 0 Å². The number of nitrogens with zero attached hydrogens (tertiary/aromatic N) is 2. The second-order valence-corrected chi connectivity index (χ2v) is 8.10.